The van der Waals surface area contributed by atoms with Crippen molar-refractivity contribution in [3.63, 3.8) is 0 Å². The summed E-state index contributed by atoms with van der Waals surface area (Å²) in [6.07, 6.45) is 0. The molecule has 0 aliphatic carbocycles. The smallest absolute Gasteiger partial charge is 0.352 e. The molecule has 2 N–H and O–H groups in total. The summed E-state index contributed by atoms with van der Waals surface area (Å²) in [5.41, 5.74) is -0.430. The third-order valence-electron chi connectivity index (χ3n) is 2.99. The first-order valence-electron chi connectivity index (χ1n) is 5.64. The van der Waals surface area contributed by atoms with Crippen LogP contribution in [0.3, 0.4) is 0 Å². The van der Waals surface area contributed by atoms with Crippen LogP contribution in [0.15, 0.2) is 23.0 Å². The molecule has 0 amide bonds. The normalized spacial score (nSPS) is 10.9. The van der Waals surface area contributed by atoms with E-state index in [4.69, 9.17) is 5.11 Å². The quantitative estimate of drug-likeness (QED) is 0.872. The van der Waals surface area contributed by atoms with E-state index in [9.17, 15) is 19.1 Å². The van der Waals surface area contributed by atoms with Gasteiger partial charge in [-0.3, -0.25) is 4.79 Å². The highest BCUT2D eigenvalue weighted by Crippen LogP contribution is 2.17. The molecule has 100 valence electrons. The molecule has 19 heavy (non-hydrogen) atoms. The number of aliphatic hydroxyl groups excluding tert-OH is 1. The summed E-state index contributed by atoms with van der Waals surface area (Å²) in [7, 11) is 0. The van der Waals surface area contributed by atoms with Gasteiger partial charge in [0.15, 0.2) is 5.43 Å². The maximum atomic E-state index is 13.3. The number of hydrogen-bond acceptors (Lipinski definition) is 3. The van der Waals surface area contributed by atoms with Crippen LogP contribution in [0.1, 0.15) is 16.1 Å². The summed E-state index contributed by atoms with van der Waals surface area (Å²) in [5.74, 6) is -1.85. The third kappa shape index (κ3) is 2.10. The van der Waals surface area contributed by atoms with Crippen LogP contribution in [0.25, 0.3) is 10.9 Å². The lowest BCUT2D eigenvalue weighted by Crippen LogP contribution is -2.23. The van der Waals surface area contributed by atoms with Crippen molar-refractivity contribution in [2.75, 3.05) is 6.61 Å². The van der Waals surface area contributed by atoms with Crippen LogP contribution < -0.4 is 5.43 Å². The van der Waals surface area contributed by atoms with E-state index in [-0.39, 0.29) is 35.3 Å². The molecule has 0 aliphatic rings. The van der Waals surface area contributed by atoms with Gasteiger partial charge in [0.1, 0.15) is 11.5 Å². The summed E-state index contributed by atoms with van der Waals surface area (Å²) in [6, 6.07) is 3.56. The Balaban J connectivity index is 3.01. The molecule has 1 heterocycles. The van der Waals surface area contributed by atoms with Crippen molar-refractivity contribution < 1.29 is 19.4 Å². The van der Waals surface area contributed by atoms with Crippen LogP contribution in [0.4, 0.5) is 4.39 Å². The zero-order chi connectivity index (χ0) is 14.2. The molecule has 0 saturated heterocycles. The monoisotopic (exact) mass is 265 g/mol. The number of aliphatic hydroxyl groups is 1. The van der Waals surface area contributed by atoms with Crippen molar-refractivity contribution in [1.29, 1.82) is 0 Å². The Labute approximate surface area is 107 Å². The van der Waals surface area contributed by atoms with Crippen molar-refractivity contribution in [2.45, 2.75) is 13.5 Å². The maximum absolute atomic E-state index is 13.3. The van der Waals surface area contributed by atoms with E-state index < -0.39 is 17.2 Å². The van der Waals surface area contributed by atoms with Gasteiger partial charge in [-0.25, -0.2) is 9.18 Å². The fourth-order valence-corrected chi connectivity index (χ4v) is 2.16. The Bertz CT molecular complexity index is 721. The van der Waals surface area contributed by atoms with Crippen molar-refractivity contribution in [3.8, 4) is 0 Å². The van der Waals surface area contributed by atoms with Crippen molar-refractivity contribution in [1.82, 2.24) is 4.57 Å². The van der Waals surface area contributed by atoms with Gasteiger partial charge in [-0.1, -0.05) is 0 Å². The molecule has 1 aromatic carbocycles. The Morgan fingerprint density at radius 1 is 1.42 bits per heavy atom. The number of carbonyl (C=O) groups is 1. The number of rotatable bonds is 3. The first-order valence-corrected chi connectivity index (χ1v) is 5.64. The predicted molar refractivity (Wildman–Crippen MR) is 66.9 cm³/mol. The number of aromatic nitrogens is 1. The predicted octanol–water partition coefficient (Wildman–Crippen LogP) is 1.14. The summed E-state index contributed by atoms with van der Waals surface area (Å²) in [4.78, 5) is 23.3. The lowest BCUT2D eigenvalue weighted by molar-refractivity contribution is 0.0682. The first kappa shape index (κ1) is 13.2. The zero-order valence-electron chi connectivity index (χ0n) is 10.2. The Kier molecular flexibility index (Phi) is 3.35. The molecule has 6 heteroatoms. The molecule has 1 aromatic heterocycles. The summed E-state index contributed by atoms with van der Waals surface area (Å²) in [6.45, 7) is 1.07. The number of nitrogens with zero attached hydrogens (tertiary/aromatic N) is 1. The van der Waals surface area contributed by atoms with Gasteiger partial charge in [0.25, 0.3) is 0 Å². The Morgan fingerprint density at radius 3 is 2.68 bits per heavy atom. The van der Waals surface area contributed by atoms with Crippen LogP contribution in [0.5, 0.6) is 0 Å². The average molecular weight is 265 g/mol. The lowest BCUT2D eigenvalue weighted by atomic mass is 10.1. The maximum Gasteiger partial charge on any atom is 0.352 e. The van der Waals surface area contributed by atoms with Gasteiger partial charge in [0.05, 0.1) is 12.1 Å². The lowest BCUT2D eigenvalue weighted by Gasteiger charge is -2.15. The molecular weight excluding hydrogens is 253 g/mol. The second-order valence-electron chi connectivity index (χ2n) is 4.14. The number of hydrogen-bond donors (Lipinski definition) is 2. The van der Waals surface area contributed by atoms with Gasteiger partial charge < -0.3 is 14.8 Å². The minimum atomic E-state index is -1.28. The molecule has 0 unspecified atom stereocenters. The average Bonchev–Trinajstić information content (AvgIpc) is 2.35. The fourth-order valence-electron chi connectivity index (χ4n) is 2.16. The highest BCUT2D eigenvalue weighted by atomic mass is 19.1. The van der Waals surface area contributed by atoms with E-state index in [0.29, 0.717) is 0 Å². The topological polar surface area (TPSA) is 79.5 Å². The second kappa shape index (κ2) is 4.81. The van der Waals surface area contributed by atoms with Crippen molar-refractivity contribution in [3.05, 3.63) is 45.5 Å². The van der Waals surface area contributed by atoms with Gasteiger partial charge in [-0.2, -0.15) is 0 Å². The first-order chi connectivity index (χ1) is 8.97. The molecule has 5 nitrogen and oxygen atoms in total. The number of fused-ring (bicyclic) bond motifs is 1. The van der Waals surface area contributed by atoms with E-state index in [2.05, 4.69) is 0 Å². The van der Waals surface area contributed by atoms with E-state index >= 15 is 0 Å². The van der Waals surface area contributed by atoms with Gasteiger partial charge >= 0.3 is 5.97 Å². The Morgan fingerprint density at radius 2 is 2.11 bits per heavy atom. The number of halogens is 1. The fraction of sp³-hybridized carbons (Fsp3) is 0.231. The SMILES string of the molecule is Cc1c(C(=O)O)n(CCO)c2cc(F)ccc2c1=O. The molecule has 0 aliphatic heterocycles. The second-order valence-corrected chi connectivity index (χ2v) is 4.14. The van der Waals surface area contributed by atoms with Gasteiger partial charge in [0, 0.05) is 17.5 Å². The molecular formula is C13H12FNO4. The largest absolute Gasteiger partial charge is 0.477 e. The van der Waals surface area contributed by atoms with E-state index in [1.807, 2.05) is 0 Å². The van der Waals surface area contributed by atoms with Crippen molar-refractivity contribution >= 4 is 16.9 Å². The van der Waals surface area contributed by atoms with E-state index in [0.717, 1.165) is 12.1 Å². The summed E-state index contributed by atoms with van der Waals surface area (Å²) >= 11 is 0. The molecule has 0 fully saturated rings. The number of aromatic carboxylic acids is 1. The summed E-state index contributed by atoms with van der Waals surface area (Å²) < 4.78 is 14.5. The van der Waals surface area contributed by atoms with Crippen LogP contribution in [-0.2, 0) is 6.54 Å². The van der Waals surface area contributed by atoms with Crippen LogP contribution in [-0.4, -0.2) is 27.4 Å². The van der Waals surface area contributed by atoms with E-state index in [1.165, 1.54) is 17.6 Å². The molecule has 2 rings (SSSR count). The van der Waals surface area contributed by atoms with Crippen LogP contribution >= 0.6 is 0 Å². The zero-order valence-corrected chi connectivity index (χ0v) is 10.2. The minimum Gasteiger partial charge on any atom is -0.477 e. The third-order valence-corrected chi connectivity index (χ3v) is 2.99. The molecule has 2 aromatic rings. The van der Waals surface area contributed by atoms with Gasteiger partial charge in [-0.05, 0) is 25.1 Å². The van der Waals surface area contributed by atoms with Crippen molar-refractivity contribution in [2.24, 2.45) is 0 Å². The highest BCUT2D eigenvalue weighted by Gasteiger charge is 2.19. The number of carboxylic acid groups (broad SMARTS) is 1. The minimum absolute atomic E-state index is 0.0251. The van der Waals surface area contributed by atoms with E-state index in [1.54, 1.807) is 0 Å². The molecule has 0 spiro atoms. The molecule has 0 atom stereocenters. The Hall–Kier alpha value is -2.21. The van der Waals surface area contributed by atoms with Gasteiger partial charge in [0.2, 0.25) is 0 Å². The number of pyridine rings is 1. The standard InChI is InChI=1S/C13H12FNO4/c1-7-11(13(18)19)15(4-5-16)10-6-8(14)2-3-9(10)12(7)17/h2-3,6,16H,4-5H2,1H3,(H,18,19). The van der Waals surface area contributed by atoms with Crippen LogP contribution in [0, 0.1) is 12.7 Å². The summed E-state index contributed by atoms with van der Waals surface area (Å²) in [5, 5.41) is 18.5. The number of benzene rings is 1. The number of carboxylic acids is 1. The molecule has 0 radical (unpaired) electrons. The van der Waals surface area contributed by atoms with Crippen LogP contribution in [0.2, 0.25) is 0 Å². The molecule has 0 bridgehead atoms. The molecule has 0 saturated carbocycles. The highest BCUT2D eigenvalue weighted by molar-refractivity contribution is 5.92. The van der Waals surface area contributed by atoms with Gasteiger partial charge in [-0.15, -0.1) is 0 Å².